The highest BCUT2D eigenvalue weighted by molar-refractivity contribution is 6.38. The predicted octanol–water partition coefficient (Wildman–Crippen LogP) is 3.10. The summed E-state index contributed by atoms with van der Waals surface area (Å²) in [7, 11) is 0. The van der Waals surface area contributed by atoms with Crippen LogP contribution in [0.3, 0.4) is 0 Å². The minimum absolute atomic E-state index is 0.0343. The first-order chi connectivity index (χ1) is 21.2. The maximum Gasteiger partial charge on any atom is 0.329 e. The molecule has 0 aromatic rings. The zero-order valence-electron chi connectivity index (χ0n) is 29.5. The molecule has 0 spiro atoms. The van der Waals surface area contributed by atoms with Crippen LogP contribution in [-0.4, -0.2) is 83.3 Å². The highest BCUT2D eigenvalue weighted by Crippen LogP contribution is 2.35. The molecule has 12 nitrogen and oxygen atoms in total. The largest absolute Gasteiger partial charge is 0.458 e. The van der Waals surface area contributed by atoms with Crippen LogP contribution in [0.1, 0.15) is 94.9 Å². The number of esters is 1. The highest BCUT2D eigenvalue weighted by Gasteiger charge is 2.48. The topological polar surface area (TPSA) is 163 Å². The van der Waals surface area contributed by atoms with E-state index in [9.17, 15) is 28.8 Å². The molecule has 1 saturated heterocycles. The van der Waals surface area contributed by atoms with Gasteiger partial charge in [0.1, 0.15) is 23.7 Å². The van der Waals surface area contributed by atoms with Crippen LogP contribution in [0.25, 0.3) is 0 Å². The number of carbonyl (C=O) groups is 6. The molecule has 1 unspecified atom stereocenters. The smallest absolute Gasteiger partial charge is 0.329 e. The van der Waals surface area contributed by atoms with Crippen LogP contribution in [-0.2, 0) is 28.7 Å². The van der Waals surface area contributed by atoms with Crippen LogP contribution in [0, 0.1) is 29.1 Å². The first-order valence-corrected chi connectivity index (χ1v) is 16.5. The number of rotatable bonds is 14. The van der Waals surface area contributed by atoms with Crippen molar-refractivity contribution in [1.29, 1.82) is 0 Å². The number of hydrogen-bond acceptors (Lipinski definition) is 7. The maximum atomic E-state index is 14.3. The van der Waals surface area contributed by atoms with E-state index in [4.69, 9.17) is 4.74 Å². The summed E-state index contributed by atoms with van der Waals surface area (Å²) < 4.78 is 5.49. The molecule has 2 rings (SSSR count). The third-order valence-corrected chi connectivity index (χ3v) is 8.38. The Kier molecular flexibility index (Phi) is 13.4. The van der Waals surface area contributed by atoms with Gasteiger partial charge in [-0.3, -0.25) is 19.2 Å². The Hall–Kier alpha value is -3.44. The van der Waals surface area contributed by atoms with Crippen molar-refractivity contribution in [2.24, 2.45) is 29.1 Å². The van der Waals surface area contributed by atoms with E-state index in [1.807, 2.05) is 13.8 Å². The number of Topliss-reactive ketones (excluding diaryl/α,β-unsaturated/α-hetero) is 1. The zero-order chi connectivity index (χ0) is 35.1. The number of carbonyl (C=O) groups excluding carboxylic acids is 6. The molecule has 0 bridgehead atoms. The Morgan fingerprint density at radius 1 is 0.913 bits per heavy atom. The van der Waals surface area contributed by atoms with Crippen LogP contribution < -0.4 is 21.3 Å². The van der Waals surface area contributed by atoms with E-state index in [1.54, 1.807) is 55.4 Å². The van der Waals surface area contributed by atoms with Gasteiger partial charge in [0, 0.05) is 13.1 Å². The van der Waals surface area contributed by atoms with Gasteiger partial charge in [0.2, 0.25) is 17.6 Å². The SMILES string of the molecule is C=CCNC(=O)C(=O)C(CC1CC1)NC(=O)[C@@H]1[C@@H](C(C)C)CCN1C(=O)[C@@H](NC(=O)N[C@H](C(=O)OC(C)(C)C)C(C)C)C(C)(C)C. The van der Waals surface area contributed by atoms with Crippen molar-refractivity contribution >= 4 is 35.5 Å². The van der Waals surface area contributed by atoms with Crippen LogP contribution in [0.15, 0.2) is 12.7 Å². The molecule has 5 atom stereocenters. The lowest BCUT2D eigenvalue weighted by atomic mass is 9.84. The third-order valence-electron chi connectivity index (χ3n) is 8.38. The summed E-state index contributed by atoms with van der Waals surface area (Å²) in [6.07, 6.45) is 4.21. The average molecular weight is 648 g/mol. The Labute approximate surface area is 274 Å². The van der Waals surface area contributed by atoms with Crippen molar-refractivity contribution in [3.63, 3.8) is 0 Å². The van der Waals surface area contributed by atoms with Crippen LogP contribution >= 0.6 is 0 Å². The van der Waals surface area contributed by atoms with E-state index >= 15 is 0 Å². The Bertz CT molecular complexity index is 1150. The van der Waals surface area contributed by atoms with E-state index in [1.165, 1.54) is 11.0 Å². The first-order valence-electron chi connectivity index (χ1n) is 16.5. The summed E-state index contributed by atoms with van der Waals surface area (Å²) in [5.74, 6) is -3.26. The fraction of sp³-hybridized carbons (Fsp3) is 0.765. The van der Waals surface area contributed by atoms with E-state index in [2.05, 4.69) is 27.8 Å². The monoisotopic (exact) mass is 647 g/mol. The van der Waals surface area contributed by atoms with E-state index in [0.717, 1.165) is 12.8 Å². The van der Waals surface area contributed by atoms with Gasteiger partial charge in [0.15, 0.2) is 0 Å². The number of hydrogen-bond donors (Lipinski definition) is 4. The molecule has 4 N–H and O–H groups in total. The van der Waals surface area contributed by atoms with Crippen molar-refractivity contribution in [3.8, 4) is 0 Å². The molecular formula is C34H57N5O7. The average Bonchev–Trinajstić information content (AvgIpc) is 3.63. The van der Waals surface area contributed by atoms with Gasteiger partial charge in [-0.05, 0) is 62.7 Å². The van der Waals surface area contributed by atoms with Crippen LogP contribution in [0.5, 0.6) is 0 Å². The number of amides is 5. The first kappa shape index (κ1) is 38.7. The molecule has 1 heterocycles. The summed E-state index contributed by atoms with van der Waals surface area (Å²) >= 11 is 0. The van der Waals surface area contributed by atoms with Gasteiger partial charge in [0.25, 0.3) is 5.91 Å². The second-order valence-corrected chi connectivity index (χ2v) is 15.4. The lowest BCUT2D eigenvalue weighted by molar-refractivity contribution is -0.158. The van der Waals surface area contributed by atoms with Crippen molar-refractivity contribution < 1.29 is 33.5 Å². The van der Waals surface area contributed by atoms with E-state index in [-0.39, 0.29) is 36.8 Å². The molecule has 0 aromatic carbocycles. The quantitative estimate of drug-likeness (QED) is 0.128. The molecule has 1 saturated carbocycles. The van der Waals surface area contributed by atoms with Gasteiger partial charge in [-0.2, -0.15) is 0 Å². The fourth-order valence-corrected chi connectivity index (χ4v) is 5.67. The second-order valence-electron chi connectivity index (χ2n) is 15.4. The Morgan fingerprint density at radius 3 is 2.00 bits per heavy atom. The highest BCUT2D eigenvalue weighted by atomic mass is 16.6. The fourth-order valence-electron chi connectivity index (χ4n) is 5.67. The number of urea groups is 1. The predicted molar refractivity (Wildman–Crippen MR) is 175 cm³/mol. The molecule has 2 fully saturated rings. The molecular weight excluding hydrogens is 590 g/mol. The molecule has 0 aromatic heterocycles. The minimum atomic E-state index is -1.05. The number of nitrogens with one attached hydrogen (secondary N) is 4. The lowest BCUT2D eigenvalue weighted by Crippen LogP contribution is -2.62. The number of ketones is 1. The van der Waals surface area contributed by atoms with Crippen molar-refractivity contribution in [1.82, 2.24) is 26.2 Å². The van der Waals surface area contributed by atoms with Gasteiger partial charge < -0.3 is 30.9 Å². The standard InChI is InChI=1S/C34H57N5O7/c1-12-16-35-29(42)26(40)23(18-21-13-14-21)36-28(41)25-22(19(2)3)15-17-39(25)30(43)27(33(6,7)8)38-32(45)37-24(20(4)5)31(44)46-34(9,10)11/h12,19-25,27H,1,13-18H2,2-11H3,(H,35,42)(H,36,41)(H2,37,38,45)/t22-,23?,24+,25+,27-/m1/s1. The van der Waals surface area contributed by atoms with Gasteiger partial charge in [-0.1, -0.05) is 67.4 Å². The van der Waals surface area contributed by atoms with Crippen molar-refractivity contribution in [2.75, 3.05) is 13.1 Å². The van der Waals surface area contributed by atoms with Gasteiger partial charge in [-0.25, -0.2) is 9.59 Å². The van der Waals surface area contributed by atoms with Gasteiger partial charge in [-0.15, -0.1) is 6.58 Å². The number of likely N-dealkylation sites (tertiary alicyclic amines) is 1. The summed E-state index contributed by atoms with van der Waals surface area (Å²) in [5, 5.41) is 10.8. The lowest BCUT2D eigenvalue weighted by Gasteiger charge is -2.37. The van der Waals surface area contributed by atoms with E-state index in [0.29, 0.717) is 12.8 Å². The second kappa shape index (κ2) is 15.9. The van der Waals surface area contributed by atoms with Crippen LogP contribution in [0.2, 0.25) is 0 Å². The molecule has 46 heavy (non-hydrogen) atoms. The maximum absolute atomic E-state index is 14.3. The summed E-state index contributed by atoms with van der Waals surface area (Å²) in [6.45, 7) is 22.1. The summed E-state index contributed by atoms with van der Waals surface area (Å²) in [6, 6.07) is -4.63. The third kappa shape index (κ3) is 11.1. The normalized spacial score (nSPS) is 20.4. The molecule has 12 heteroatoms. The summed E-state index contributed by atoms with van der Waals surface area (Å²) in [5.41, 5.74) is -1.51. The van der Waals surface area contributed by atoms with Crippen LogP contribution in [0.4, 0.5) is 4.79 Å². The Balaban J connectivity index is 2.32. The summed E-state index contributed by atoms with van der Waals surface area (Å²) in [4.78, 5) is 81.5. The number of nitrogens with zero attached hydrogens (tertiary/aromatic N) is 1. The zero-order valence-corrected chi connectivity index (χ0v) is 29.5. The Morgan fingerprint density at radius 2 is 1.52 bits per heavy atom. The van der Waals surface area contributed by atoms with E-state index < -0.39 is 70.7 Å². The molecule has 0 radical (unpaired) electrons. The molecule has 1 aliphatic heterocycles. The number of ether oxygens (including phenoxy) is 1. The molecule has 1 aliphatic carbocycles. The molecule has 5 amide bonds. The molecule has 260 valence electrons. The van der Waals surface area contributed by atoms with Gasteiger partial charge in [0.05, 0.1) is 6.04 Å². The van der Waals surface area contributed by atoms with Crippen molar-refractivity contribution in [3.05, 3.63) is 12.7 Å². The molecule has 2 aliphatic rings. The minimum Gasteiger partial charge on any atom is -0.458 e. The van der Waals surface area contributed by atoms with Crippen molar-refractivity contribution in [2.45, 2.75) is 125 Å². The van der Waals surface area contributed by atoms with Gasteiger partial charge >= 0.3 is 12.0 Å².